The van der Waals surface area contributed by atoms with Crippen molar-refractivity contribution in [3.05, 3.63) is 89.0 Å². The molecule has 1 atom stereocenters. The van der Waals surface area contributed by atoms with Gasteiger partial charge in [0.25, 0.3) is 0 Å². The van der Waals surface area contributed by atoms with Crippen LogP contribution in [0.3, 0.4) is 0 Å². The summed E-state index contributed by atoms with van der Waals surface area (Å²) in [6.07, 6.45) is -0.292. The molecule has 4 rings (SSSR count). The smallest absolute Gasteiger partial charge is 0.150 e. The van der Waals surface area contributed by atoms with Crippen LogP contribution in [0.4, 0.5) is 0 Å². The molecular formula is C25H24O3. The van der Waals surface area contributed by atoms with Gasteiger partial charge in [-0.15, -0.1) is 0 Å². The third-order valence-corrected chi connectivity index (χ3v) is 5.36. The minimum Gasteiger partial charge on any atom is -0.508 e. The van der Waals surface area contributed by atoms with Gasteiger partial charge in [0.1, 0.15) is 23.4 Å². The van der Waals surface area contributed by atoms with Gasteiger partial charge in [0.15, 0.2) is 0 Å². The largest absolute Gasteiger partial charge is 0.508 e. The Labute approximate surface area is 165 Å². The second-order valence-corrected chi connectivity index (χ2v) is 7.59. The van der Waals surface area contributed by atoms with Crippen LogP contribution in [0.5, 0.6) is 17.2 Å². The van der Waals surface area contributed by atoms with Crippen molar-refractivity contribution < 1.29 is 14.9 Å². The van der Waals surface area contributed by atoms with Crippen molar-refractivity contribution in [2.45, 2.75) is 32.8 Å². The number of benzene rings is 3. The summed E-state index contributed by atoms with van der Waals surface area (Å²) >= 11 is 0. The average Bonchev–Trinajstić information content (AvgIpc) is 2.68. The Morgan fingerprint density at radius 1 is 0.821 bits per heavy atom. The van der Waals surface area contributed by atoms with Gasteiger partial charge in [-0.3, -0.25) is 0 Å². The van der Waals surface area contributed by atoms with Crippen LogP contribution in [0.15, 0.2) is 66.7 Å². The zero-order chi connectivity index (χ0) is 19.8. The maximum Gasteiger partial charge on any atom is 0.150 e. The molecule has 0 aromatic heterocycles. The van der Waals surface area contributed by atoms with Gasteiger partial charge >= 0.3 is 0 Å². The molecule has 2 N–H and O–H groups in total. The standard InChI is InChI=1S/C25H24O3/c1-15(2)17-4-6-19(7-5-17)25-24(18-8-10-20(26)11-9-18)16(3)22-13-12-21(27)14-23(22)28-25/h4-15,25-27H,1-3H3. The van der Waals surface area contributed by atoms with Gasteiger partial charge in [0, 0.05) is 17.2 Å². The number of phenolic OH excluding ortho intramolecular Hbond substituents is 2. The number of fused-ring (bicyclic) bond motifs is 1. The first kappa shape index (κ1) is 18.2. The van der Waals surface area contributed by atoms with Crippen LogP contribution in [0.2, 0.25) is 0 Å². The van der Waals surface area contributed by atoms with Gasteiger partial charge in [-0.1, -0.05) is 50.2 Å². The lowest BCUT2D eigenvalue weighted by Gasteiger charge is -2.31. The van der Waals surface area contributed by atoms with E-state index in [1.54, 1.807) is 24.3 Å². The van der Waals surface area contributed by atoms with E-state index in [-0.39, 0.29) is 17.6 Å². The van der Waals surface area contributed by atoms with E-state index < -0.39 is 0 Å². The van der Waals surface area contributed by atoms with Crippen molar-refractivity contribution in [3.63, 3.8) is 0 Å². The van der Waals surface area contributed by atoms with E-state index in [0.717, 1.165) is 27.8 Å². The first-order chi connectivity index (χ1) is 13.4. The van der Waals surface area contributed by atoms with E-state index in [0.29, 0.717) is 11.7 Å². The third-order valence-electron chi connectivity index (χ3n) is 5.36. The number of allylic oxidation sites excluding steroid dienone is 1. The van der Waals surface area contributed by atoms with Crippen LogP contribution >= 0.6 is 0 Å². The summed E-state index contributed by atoms with van der Waals surface area (Å²) in [6, 6.07) is 21.0. The Hall–Kier alpha value is -3.20. The quantitative estimate of drug-likeness (QED) is 0.568. The molecule has 0 aliphatic carbocycles. The number of hydrogen-bond acceptors (Lipinski definition) is 3. The second kappa shape index (κ2) is 7.08. The molecule has 0 saturated carbocycles. The summed E-state index contributed by atoms with van der Waals surface area (Å²) in [7, 11) is 0. The van der Waals surface area contributed by atoms with E-state index in [1.165, 1.54) is 5.56 Å². The Bertz CT molecular complexity index is 1030. The zero-order valence-electron chi connectivity index (χ0n) is 16.3. The minimum atomic E-state index is -0.292. The maximum absolute atomic E-state index is 9.92. The lowest BCUT2D eigenvalue weighted by Crippen LogP contribution is -2.16. The fourth-order valence-corrected chi connectivity index (χ4v) is 3.75. The molecule has 1 heterocycles. The van der Waals surface area contributed by atoms with Crippen molar-refractivity contribution in [1.82, 2.24) is 0 Å². The molecule has 0 radical (unpaired) electrons. The van der Waals surface area contributed by atoms with Crippen LogP contribution in [0.25, 0.3) is 11.1 Å². The molecule has 0 spiro atoms. The van der Waals surface area contributed by atoms with Gasteiger partial charge in [0.05, 0.1) is 0 Å². The lowest BCUT2D eigenvalue weighted by molar-refractivity contribution is 0.259. The fourth-order valence-electron chi connectivity index (χ4n) is 3.75. The molecule has 28 heavy (non-hydrogen) atoms. The fraction of sp³-hybridized carbons (Fsp3) is 0.200. The van der Waals surface area contributed by atoms with E-state index >= 15 is 0 Å². The first-order valence-electron chi connectivity index (χ1n) is 9.54. The van der Waals surface area contributed by atoms with Crippen molar-refractivity contribution in [2.24, 2.45) is 0 Å². The van der Waals surface area contributed by atoms with E-state index in [2.05, 4.69) is 45.0 Å². The van der Waals surface area contributed by atoms with Crippen molar-refractivity contribution in [2.75, 3.05) is 0 Å². The van der Waals surface area contributed by atoms with Gasteiger partial charge in [0.2, 0.25) is 0 Å². The monoisotopic (exact) mass is 372 g/mol. The number of ether oxygens (including phenoxy) is 1. The van der Waals surface area contributed by atoms with Crippen LogP contribution in [-0.4, -0.2) is 10.2 Å². The maximum atomic E-state index is 9.92. The van der Waals surface area contributed by atoms with Crippen LogP contribution < -0.4 is 4.74 Å². The second-order valence-electron chi connectivity index (χ2n) is 7.59. The molecular weight excluding hydrogens is 348 g/mol. The number of aromatic hydroxyl groups is 2. The highest BCUT2D eigenvalue weighted by molar-refractivity contribution is 5.95. The summed E-state index contributed by atoms with van der Waals surface area (Å²) in [4.78, 5) is 0. The third kappa shape index (κ3) is 3.24. The van der Waals surface area contributed by atoms with Crippen molar-refractivity contribution in [1.29, 1.82) is 0 Å². The Kier molecular flexibility index (Phi) is 4.60. The topological polar surface area (TPSA) is 49.7 Å². The molecule has 1 unspecified atom stereocenters. The van der Waals surface area contributed by atoms with Gasteiger partial charge in [-0.25, -0.2) is 0 Å². The van der Waals surface area contributed by atoms with Gasteiger partial charge in [-0.2, -0.15) is 0 Å². The summed E-state index contributed by atoms with van der Waals surface area (Å²) in [6.45, 7) is 6.43. The molecule has 3 aromatic rings. The molecule has 0 fully saturated rings. The van der Waals surface area contributed by atoms with Gasteiger partial charge in [-0.05, 0) is 59.4 Å². The number of rotatable bonds is 3. The molecule has 1 aliphatic heterocycles. The normalized spacial score (nSPS) is 16.1. The predicted molar refractivity (Wildman–Crippen MR) is 113 cm³/mol. The molecule has 3 aromatic carbocycles. The average molecular weight is 372 g/mol. The predicted octanol–water partition coefficient (Wildman–Crippen LogP) is 6.29. The highest BCUT2D eigenvalue weighted by Crippen LogP contribution is 2.47. The molecule has 142 valence electrons. The molecule has 1 aliphatic rings. The SMILES string of the molecule is CC1=C(c2ccc(O)cc2)C(c2ccc(C(C)C)cc2)Oc2cc(O)ccc21. The first-order valence-corrected chi connectivity index (χ1v) is 9.54. The zero-order valence-corrected chi connectivity index (χ0v) is 16.3. The highest BCUT2D eigenvalue weighted by atomic mass is 16.5. The van der Waals surface area contributed by atoms with Crippen LogP contribution in [0, 0.1) is 0 Å². The van der Waals surface area contributed by atoms with Gasteiger partial charge < -0.3 is 14.9 Å². The number of hydrogen-bond donors (Lipinski definition) is 2. The molecule has 3 heteroatoms. The van der Waals surface area contributed by atoms with E-state index in [9.17, 15) is 10.2 Å². The Morgan fingerprint density at radius 3 is 2.11 bits per heavy atom. The number of phenols is 2. The Balaban J connectivity index is 1.88. The summed E-state index contributed by atoms with van der Waals surface area (Å²) < 4.78 is 6.39. The van der Waals surface area contributed by atoms with Crippen LogP contribution in [-0.2, 0) is 0 Å². The molecule has 0 bridgehead atoms. The van der Waals surface area contributed by atoms with E-state index in [4.69, 9.17) is 4.74 Å². The van der Waals surface area contributed by atoms with Crippen molar-refractivity contribution in [3.8, 4) is 17.2 Å². The summed E-state index contributed by atoms with van der Waals surface area (Å²) in [5.74, 6) is 1.57. The lowest BCUT2D eigenvalue weighted by atomic mass is 9.85. The summed E-state index contributed by atoms with van der Waals surface area (Å²) in [5, 5.41) is 19.6. The molecule has 0 amide bonds. The van der Waals surface area contributed by atoms with E-state index in [1.807, 2.05) is 18.2 Å². The molecule has 0 saturated heterocycles. The Morgan fingerprint density at radius 2 is 1.46 bits per heavy atom. The summed E-state index contributed by atoms with van der Waals surface area (Å²) in [5.41, 5.74) is 6.48. The molecule has 3 nitrogen and oxygen atoms in total. The highest BCUT2D eigenvalue weighted by Gasteiger charge is 2.29. The van der Waals surface area contributed by atoms with Crippen LogP contribution in [0.1, 0.15) is 55.0 Å². The minimum absolute atomic E-state index is 0.188. The van der Waals surface area contributed by atoms with Crippen molar-refractivity contribution >= 4 is 11.1 Å².